The molecule has 0 spiro atoms. The SMILES string of the molecule is CCOC(=O)[C@@H]1CC(NS(=O)(=O)c2cc(NS(=O)O)c(N)cc2Cl)CN1C(=O)C(C)N(C(=O)OCC(Cl)(Cl)Cl)[C@@H](CCc1ccccc1)C(=O)OCC. The normalized spacial score (nSPS) is 17.7. The molecule has 0 saturated carbocycles. The van der Waals surface area contributed by atoms with Crippen LogP contribution in [0.1, 0.15) is 39.2 Å². The summed E-state index contributed by atoms with van der Waals surface area (Å²) in [6.45, 7) is 3.09. The van der Waals surface area contributed by atoms with Crippen LogP contribution in [0.3, 0.4) is 0 Å². The van der Waals surface area contributed by atoms with E-state index in [2.05, 4.69) is 9.44 Å². The van der Waals surface area contributed by atoms with Gasteiger partial charge in [-0.2, -0.15) is 0 Å². The van der Waals surface area contributed by atoms with Gasteiger partial charge in [0, 0.05) is 12.6 Å². The van der Waals surface area contributed by atoms with Gasteiger partial charge in [-0.15, -0.1) is 0 Å². The molecule has 2 aromatic carbocycles. The van der Waals surface area contributed by atoms with Crippen molar-refractivity contribution in [3.63, 3.8) is 0 Å². The minimum Gasteiger partial charge on any atom is -0.464 e. The summed E-state index contributed by atoms with van der Waals surface area (Å²) < 4.78 is 65.8. The van der Waals surface area contributed by atoms with Crippen molar-refractivity contribution in [1.82, 2.24) is 14.5 Å². The van der Waals surface area contributed by atoms with Gasteiger partial charge in [-0.25, -0.2) is 31.7 Å². The second-order valence-corrected chi connectivity index (χ2v) is 16.9. The molecule has 294 valence electrons. The number of anilines is 2. The predicted molar refractivity (Wildman–Crippen MR) is 199 cm³/mol. The lowest BCUT2D eigenvalue weighted by Gasteiger charge is -2.36. The third-order valence-electron chi connectivity index (χ3n) is 7.84. The lowest BCUT2D eigenvalue weighted by Crippen LogP contribution is -2.58. The van der Waals surface area contributed by atoms with Gasteiger partial charge in [-0.1, -0.05) is 76.7 Å². The molecule has 1 aliphatic rings. The Bertz CT molecular complexity index is 1770. The summed E-state index contributed by atoms with van der Waals surface area (Å²) in [5, 5.41) is -0.324. The van der Waals surface area contributed by atoms with Crippen molar-refractivity contribution in [2.45, 2.75) is 72.9 Å². The number of alkyl halides is 3. The van der Waals surface area contributed by atoms with Gasteiger partial charge < -0.3 is 24.8 Å². The van der Waals surface area contributed by atoms with Crippen molar-refractivity contribution in [2.24, 2.45) is 0 Å². The number of carbonyl (C=O) groups excluding carboxylic acids is 4. The number of nitrogens with one attached hydrogen (secondary N) is 2. The Balaban J connectivity index is 2.01. The van der Waals surface area contributed by atoms with Crippen LogP contribution in [0.25, 0.3) is 0 Å². The van der Waals surface area contributed by atoms with Crippen molar-refractivity contribution < 1.29 is 50.6 Å². The number of nitrogens with zero attached hydrogens (tertiary/aromatic N) is 2. The van der Waals surface area contributed by atoms with Crippen LogP contribution in [0.5, 0.6) is 0 Å². The van der Waals surface area contributed by atoms with E-state index in [0.29, 0.717) is 0 Å². The standard InChI is InChI=1S/C31H39Cl4N5O11S2/c1-4-49-28(42)24(12-11-19-9-7-6-8-10-19)40(30(44)51-17-31(33,34)35)18(3)27(41)39-16-20(13-25(39)29(43)50-5-2)38-53(47,48)26-15-23(37-52(45)46)22(36)14-21(26)32/h6-10,14-15,18,20,24-25,37-38H,4-5,11-13,16-17,36H2,1-3H3,(H,45,46)/t18?,20?,24-,25-/m0/s1. The van der Waals surface area contributed by atoms with Crippen molar-refractivity contribution in [1.29, 1.82) is 0 Å². The lowest BCUT2D eigenvalue weighted by atomic mass is 10.0. The van der Waals surface area contributed by atoms with Crippen LogP contribution in [-0.2, 0) is 56.3 Å². The largest absolute Gasteiger partial charge is 0.464 e. The van der Waals surface area contributed by atoms with Crippen LogP contribution in [-0.4, -0.2) is 105 Å². The second kappa shape index (κ2) is 19.5. The summed E-state index contributed by atoms with van der Waals surface area (Å²) in [6.07, 6.45) is -1.26. The number of hydrogen-bond donors (Lipinski definition) is 4. The van der Waals surface area contributed by atoms with Gasteiger partial charge in [0.15, 0.2) is 0 Å². The quantitative estimate of drug-likeness (QED) is 0.0617. The van der Waals surface area contributed by atoms with E-state index in [1.807, 2.05) is 0 Å². The molecule has 16 nitrogen and oxygen atoms in total. The number of rotatable bonds is 16. The lowest BCUT2D eigenvalue weighted by molar-refractivity contribution is -0.157. The molecule has 1 aliphatic heterocycles. The number of ether oxygens (including phenoxy) is 3. The van der Waals surface area contributed by atoms with Gasteiger partial charge >= 0.3 is 18.0 Å². The maximum absolute atomic E-state index is 14.4. The maximum Gasteiger partial charge on any atom is 0.411 e. The Morgan fingerprint density at radius 3 is 2.32 bits per heavy atom. The van der Waals surface area contributed by atoms with Crippen LogP contribution in [0.2, 0.25) is 5.02 Å². The summed E-state index contributed by atoms with van der Waals surface area (Å²) in [4.78, 5) is 56.0. The molecule has 3 unspecified atom stereocenters. The average Bonchev–Trinajstić information content (AvgIpc) is 3.49. The Hall–Kier alpha value is -3.10. The Morgan fingerprint density at radius 2 is 1.74 bits per heavy atom. The molecule has 5 N–H and O–H groups in total. The summed E-state index contributed by atoms with van der Waals surface area (Å²) >= 11 is 21.1. The molecule has 0 aromatic heterocycles. The van der Waals surface area contributed by atoms with Crippen LogP contribution in [0.15, 0.2) is 47.4 Å². The zero-order valence-electron chi connectivity index (χ0n) is 28.6. The molecule has 2 amide bonds. The van der Waals surface area contributed by atoms with E-state index in [4.69, 9.17) is 66.3 Å². The number of amides is 2. The number of esters is 2. The van der Waals surface area contributed by atoms with Gasteiger partial charge in [-0.05, 0) is 57.7 Å². The molecule has 3 rings (SSSR count). The van der Waals surface area contributed by atoms with Crippen LogP contribution >= 0.6 is 46.4 Å². The monoisotopic (exact) mass is 861 g/mol. The van der Waals surface area contributed by atoms with Gasteiger partial charge in [0.2, 0.25) is 19.7 Å². The summed E-state index contributed by atoms with van der Waals surface area (Å²) in [5.74, 6) is -2.61. The molecule has 0 bridgehead atoms. The van der Waals surface area contributed by atoms with Gasteiger partial charge in [-0.3, -0.25) is 19.0 Å². The Kier molecular flexibility index (Phi) is 16.3. The molecule has 2 aromatic rings. The number of nitrogen functional groups attached to an aromatic ring is 1. The summed E-state index contributed by atoms with van der Waals surface area (Å²) in [7, 11) is -4.53. The number of nitrogens with two attached hydrogens (primary N) is 1. The molecular weight excluding hydrogens is 824 g/mol. The fourth-order valence-corrected chi connectivity index (χ4v) is 7.89. The van der Waals surface area contributed by atoms with Crippen molar-refractivity contribution >= 4 is 103 Å². The third-order valence-corrected chi connectivity index (χ3v) is 10.6. The highest BCUT2D eigenvalue weighted by Gasteiger charge is 2.47. The molecule has 1 fully saturated rings. The smallest absolute Gasteiger partial charge is 0.411 e. The fraction of sp³-hybridized carbons (Fsp3) is 0.484. The first-order chi connectivity index (χ1) is 24.8. The Labute approximate surface area is 329 Å². The fourth-order valence-electron chi connectivity index (χ4n) is 5.56. The summed E-state index contributed by atoms with van der Waals surface area (Å²) in [6, 6.07) is 5.59. The zero-order chi connectivity index (χ0) is 39.7. The number of carbonyl (C=O) groups is 4. The van der Waals surface area contributed by atoms with Crippen molar-refractivity contribution in [3.8, 4) is 0 Å². The van der Waals surface area contributed by atoms with E-state index < -0.39 is 91.2 Å². The maximum atomic E-state index is 14.4. The molecule has 5 atom stereocenters. The van der Waals surface area contributed by atoms with E-state index in [1.54, 1.807) is 37.3 Å². The number of likely N-dealkylation sites (tertiary alicyclic amines) is 1. The second-order valence-electron chi connectivity index (χ2n) is 11.6. The molecule has 1 saturated heterocycles. The van der Waals surface area contributed by atoms with E-state index in [-0.39, 0.29) is 48.9 Å². The van der Waals surface area contributed by atoms with Gasteiger partial charge in [0.25, 0.3) is 11.3 Å². The zero-order valence-corrected chi connectivity index (χ0v) is 33.3. The minimum absolute atomic E-state index is 0.0316. The number of benzene rings is 2. The first-order valence-electron chi connectivity index (χ1n) is 16.0. The first kappa shape index (κ1) is 44.3. The van der Waals surface area contributed by atoms with Gasteiger partial charge in [0.1, 0.15) is 29.6 Å². The first-order valence-corrected chi connectivity index (χ1v) is 20.1. The predicted octanol–water partition coefficient (Wildman–Crippen LogP) is 4.04. The molecular formula is C31H39Cl4N5O11S2. The number of sulfonamides is 1. The highest BCUT2D eigenvalue weighted by Crippen LogP contribution is 2.32. The van der Waals surface area contributed by atoms with E-state index in [0.717, 1.165) is 27.5 Å². The molecule has 22 heteroatoms. The molecule has 53 heavy (non-hydrogen) atoms. The number of hydrogen-bond acceptors (Lipinski definition) is 11. The highest BCUT2D eigenvalue weighted by molar-refractivity contribution is 7.89. The number of aryl methyl sites for hydroxylation is 1. The molecule has 0 radical (unpaired) electrons. The van der Waals surface area contributed by atoms with Crippen LogP contribution in [0, 0.1) is 0 Å². The Morgan fingerprint density at radius 1 is 1.09 bits per heavy atom. The molecule has 1 heterocycles. The van der Waals surface area contributed by atoms with E-state index >= 15 is 0 Å². The van der Waals surface area contributed by atoms with E-state index in [1.165, 1.54) is 13.8 Å². The highest BCUT2D eigenvalue weighted by atomic mass is 35.6. The van der Waals surface area contributed by atoms with Gasteiger partial charge in [0.05, 0.1) is 29.6 Å². The van der Waals surface area contributed by atoms with E-state index in [9.17, 15) is 36.4 Å². The summed E-state index contributed by atoms with van der Waals surface area (Å²) in [5.41, 5.74) is 6.29. The van der Waals surface area contributed by atoms with Crippen LogP contribution < -0.4 is 15.2 Å². The third kappa shape index (κ3) is 12.5. The van der Waals surface area contributed by atoms with Crippen molar-refractivity contribution in [2.75, 3.05) is 36.8 Å². The molecule has 0 aliphatic carbocycles. The number of halogens is 4. The van der Waals surface area contributed by atoms with Crippen LogP contribution in [0.4, 0.5) is 16.2 Å². The minimum atomic E-state index is -4.53. The average molecular weight is 864 g/mol. The topological polar surface area (TPSA) is 224 Å². The van der Waals surface area contributed by atoms with Crippen molar-refractivity contribution in [3.05, 3.63) is 53.1 Å².